The molecule has 1 heterocycles. The standard InChI is InChI=1S/C12H10F3N3O/c13-12(14,15)19-10-3-1-2-8(4-10)11(16)9-5-17-7-18-6-9/h1-7,11H,16H2. The van der Waals surface area contributed by atoms with E-state index in [2.05, 4.69) is 14.7 Å². The maximum Gasteiger partial charge on any atom is 0.573 e. The van der Waals surface area contributed by atoms with Crippen molar-refractivity contribution < 1.29 is 17.9 Å². The molecule has 1 atom stereocenters. The molecule has 0 aliphatic rings. The lowest BCUT2D eigenvalue weighted by atomic mass is 10.0. The van der Waals surface area contributed by atoms with Crippen molar-refractivity contribution in [2.24, 2.45) is 5.73 Å². The molecule has 1 unspecified atom stereocenters. The second-order valence-corrected chi connectivity index (χ2v) is 3.77. The number of alkyl halides is 3. The number of aromatic nitrogens is 2. The quantitative estimate of drug-likeness (QED) is 0.929. The maximum atomic E-state index is 12.1. The Bertz CT molecular complexity index is 545. The second kappa shape index (κ2) is 5.23. The number of nitrogens with zero attached hydrogens (tertiary/aromatic N) is 2. The number of hydrogen-bond donors (Lipinski definition) is 1. The molecule has 0 aliphatic carbocycles. The summed E-state index contributed by atoms with van der Waals surface area (Å²) in [5.74, 6) is -0.308. The van der Waals surface area contributed by atoms with Crippen molar-refractivity contribution in [1.82, 2.24) is 9.97 Å². The van der Waals surface area contributed by atoms with Crippen LogP contribution in [-0.4, -0.2) is 16.3 Å². The first kappa shape index (κ1) is 13.3. The Hall–Kier alpha value is -2.15. The molecule has 2 aromatic rings. The van der Waals surface area contributed by atoms with Crippen molar-refractivity contribution in [1.29, 1.82) is 0 Å². The van der Waals surface area contributed by atoms with Gasteiger partial charge in [-0.15, -0.1) is 13.2 Å². The number of ether oxygens (including phenoxy) is 1. The van der Waals surface area contributed by atoms with Gasteiger partial charge in [-0.05, 0) is 17.7 Å². The van der Waals surface area contributed by atoms with Gasteiger partial charge in [-0.1, -0.05) is 12.1 Å². The predicted molar refractivity (Wildman–Crippen MR) is 61.2 cm³/mol. The van der Waals surface area contributed by atoms with Gasteiger partial charge in [0.2, 0.25) is 0 Å². The lowest BCUT2D eigenvalue weighted by Crippen LogP contribution is -2.18. The molecule has 4 nitrogen and oxygen atoms in total. The van der Waals surface area contributed by atoms with E-state index in [-0.39, 0.29) is 5.75 Å². The van der Waals surface area contributed by atoms with E-state index in [1.54, 1.807) is 6.07 Å². The average molecular weight is 269 g/mol. The van der Waals surface area contributed by atoms with Crippen LogP contribution in [0, 0.1) is 0 Å². The highest BCUT2D eigenvalue weighted by Crippen LogP contribution is 2.26. The first-order chi connectivity index (χ1) is 8.96. The van der Waals surface area contributed by atoms with E-state index in [9.17, 15) is 13.2 Å². The van der Waals surface area contributed by atoms with Gasteiger partial charge >= 0.3 is 6.36 Å². The minimum absolute atomic E-state index is 0.308. The summed E-state index contributed by atoms with van der Waals surface area (Å²) in [7, 11) is 0. The molecule has 7 heteroatoms. The van der Waals surface area contributed by atoms with Crippen molar-refractivity contribution in [3.05, 3.63) is 54.1 Å². The van der Waals surface area contributed by atoms with Crippen molar-refractivity contribution in [3.8, 4) is 5.75 Å². The Balaban J connectivity index is 2.24. The summed E-state index contributed by atoms with van der Waals surface area (Å²) in [6.45, 7) is 0. The molecule has 0 saturated carbocycles. The lowest BCUT2D eigenvalue weighted by molar-refractivity contribution is -0.274. The summed E-state index contributed by atoms with van der Waals surface area (Å²) < 4.78 is 40.2. The third-order valence-corrected chi connectivity index (χ3v) is 2.39. The Kier molecular flexibility index (Phi) is 3.66. The molecule has 2 rings (SSSR count). The summed E-state index contributed by atoms with van der Waals surface area (Å²) in [5.41, 5.74) is 7.02. The normalized spacial score (nSPS) is 13.1. The fraction of sp³-hybridized carbons (Fsp3) is 0.167. The number of benzene rings is 1. The fourth-order valence-corrected chi connectivity index (χ4v) is 1.57. The van der Waals surface area contributed by atoms with Crippen molar-refractivity contribution in [2.75, 3.05) is 0 Å². The Morgan fingerprint density at radius 2 is 1.79 bits per heavy atom. The van der Waals surface area contributed by atoms with Crippen LogP contribution in [0.1, 0.15) is 17.2 Å². The molecule has 0 radical (unpaired) electrons. The van der Waals surface area contributed by atoms with E-state index in [0.717, 1.165) is 0 Å². The predicted octanol–water partition coefficient (Wildman–Crippen LogP) is 2.42. The molecule has 0 bridgehead atoms. The van der Waals surface area contributed by atoms with E-state index in [4.69, 9.17) is 5.73 Å². The molecule has 1 aromatic carbocycles. The molecule has 0 amide bonds. The van der Waals surface area contributed by atoms with E-state index in [1.807, 2.05) is 0 Å². The van der Waals surface area contributed by atoms with Gasteiger partial charge in [-0.2, -0.15) is 0 Å². The third kappa shape index (κ3) is 3.65. The van der Waals surface area contributed by atoms with Crippen molar-refractivity contribution in [3.63, 3.8) is 0 Å². The third-order valence-electron chi connectivity index (χ3n) is 2.39. The SMILES string of the molecule is NC(c1cncnc1)c1cccc(OC(F)(F)F)c1. The molecule has 19 heavy (non-hydrogen) atoms. The van der Waals surface area contributed by atoms with Crippen LogP contribution in [0.2, 0.25) is 0 Å². The highest BCUT2D eigenvalue weighted by Gasteiger charge is 2.31. The van der Waals surface area contributed by atoms with Crippen molar-refractivity contribution >= 4 is 0 Å². The van der Waals surface area contributed by atoms with Gasteiger partial charge in [0.25, 0.3) is 0 Å². The van der Waals surface area contributed by atoms with E-state index in [1.165, 1.54) is 36.9 Å². The lowest BCUT2D eigenvalue weighted by Gasteiger charge is -2.14. The van der Waals surface area contributed by atoms with Gasteiger partial charge in [-0.25, -0.2) is 9.97 Å². The van der Waals surface area contributed by atoms with Crippen LogP contribution in [0.4, 0.5) is 13.2 Å². The fourth-order valence-electron chi connectivity index (χ4n) is 1.57. The van der Waals surface area contributed by atoms with Crippen LogP contribution in [-0.2, 0) is 0 Å². The molecule has 100 valence electrons. The molecule has 2 N–H and O–H groups in total. The molecular formula is C12H10F3N3O. The topological polar surface area (TPSA) is 61.0 Å². The number of hydrogen-bond acceptors (Lipinski definition) is 4. The zero-order valence-corrected chi connectivity index (χ0v) is 9.63. The van der Waals surface area contributed by atoms with Gasteiger partial charge in [0.15, 0.2) is 0 Å². The Morgan fingerprint density at radius 3 is 2.42 bits per heavy atom. The summed E-state index contributed by atoms with van der Waals surface area (Å²) >= 11 is 0. The number of nitrogens with two attached hydrogens (primary N) is 1. The monoisotopic (exact) mass is 269 g/mol. The van der Waals surface area contributed by atoms with Gasteiger partial charge in [-0.3, -0.25) is 0 Å². The summed E-state index contributed by atoms with van der Waals surface area (Å²) in [6, 6.07) is 4.90. The summed E-state index contributed by atoms with van der Waals surface area (Å²) in [6.07, 6.45) is -0.359. The van der Waals surface area contributed by atoms with Crippen LogP contribution in [0.5, 0.6) is 5.75 Å². The molecule has 0 fully saturated rings. The van der Waals surface area contributed by atoms with Crippen LogP contribution in [0.3, 0.4) is 0 Å². The van der Waals surface area contributed by atoms with Crippen LogP contribution >= 0.6 is 0 Å². The largest absolute Gasteiger partial charge is 0.573 e. The minimum Gasteiger partial charge on any atom is -0.406 e. The van der Waals surface area contributed by atoms with Crippen LogP contribution in [0.25, 0.3) is 0 Å². The number of rotatable bonds is 3. The van der Waals surface area contributed by atoms with Gasteiger partial charge in [0, 0.05) is 18.0 Å². The zero-order chi connectivity index (χ0) is 13.9. The van der Waals surface area contributed by atoms with E-state index >= 15 is 0 Å². The van der Waals surface area contributed by atoms with E-state index < -0.39 is 12.4 Å². The minimum atomic E-state index is -4.72. The molecule has 1 aromatic heterocycles. The van der Waals surface area contributed by atoms with E-state index in [0.29, 0.717) is 11.1 Å². The number of halogens is 3. The van der Waals surface area contributed by atoms with Crippen LogP contribution < -0.4 is 10.5 Å². The maximum absolute atomic E-state index is 12.1. The highest BCUT2D eigenvalue weighted by atomic mass is 19.4. The highest BCUT2D eigenvalue weighted by molar-refractivity contribution is 5.34. The average Bonchev–Trinajstić information content (AvgIpc) is 2.37. The zero-order valence-electron chi connectivity index (χ0n) is 9.63. The first-order valence-electron chi connectivity index (χ1n) is 5.32. The smallest absolute Gasteiger partial charge is 0.406 e. The second-order valence-electron chi connectivity index (χ2n) is 3.77. The summed E-state index contributed by atoms with van der Waals surface area (Å²) in [4.78, 5) is 7.62. The first-order valence-corrected chi connectivity index (χ1v) is 5.32. The summed E-state index contributed by atoms with van der Waals surface area (Å²) in [5, 5.41) is 0. The van der Waals surface area contributed by atoms with Gasteiger partial charge in [0.1, 0.15) is 12.1 Å². The van der Waals surface area contributed by atoms with Crippen LogP contribution in [0.15, 0.2) is 43.0 Å². The Morgan fingerprint density at radius 1 is 1.11 bits per heavy atom. The molecular weight excluding hydrogens is 259 g/mol. The van der Waals surface area contributed by atoms with Gasteiger partial charge in [0.05, 0.1) is 6.04 Å². The molecule has 0 aliphatic heterocycles. The molecule has 0 spiro atoms. The molecule has 0 saturated heterocycles. The van der Waals surface area contributed by atoms with Crippen molar-refractivity contribution in [2.45, 2.75) is 12.4 Å². The Labute approximate surface area is 107 Å². The van der Waals surface area contributed by atoms with Gasteiger partial charge < -0.3 is 10.5 Å².